The molecule has 1 aliphatic rings. The topological polar surface area (TPSA) is 37.5 Å². The highest BCUT2D eigenvalue weighted by atomic mass is 32.1. The molecule has 0 aliphatic carbocycles. The maximum atomic E-state index is 3.56. The number of aromatic nitrogens is 1. The summed E-state index contributed by atoms with van der Waals surface area (Å²) >= 11 is 1.80. The van der Waals surface area contributed by atoms with Crippen molar-refractivity contribution in [1.29, 1.82) is 0 Å². The van der Waals surface area contributed by atoms with Gasteiger partial charge in [-0.3, -0.25) is 9.80 Å². The lowest BCUT2D eigenvalue weighted by Gasteiger charge is -2.35. The van der Waals surface area contributed by atoms with E-state index in [9.17, 15) is 0 Å². The Bertz CT molecular complexity index is 1190. The number of fused-ring (bicyclic) bond motifs is 1. The highest BCUT2D eigenvalue weighted by Crippen LogP contribution is 2.32. The van der Waals surface area contributed by atoms with Gasteiger partial charge in [-0.15, -0.1) is 11.3 Å². The van der Waals surface area contributed by atoms with Crippen LogP contribution in [0.1, 0.15) is 5.56 Å². The quantitative estimate of drug-likeness (QED) is 0.374. The van der Waals surface area contributed by atoms with Crippen LogP contribution in [0, 0.1) is 0 Å². The normalized spacial score (nSPS) is 15.5. The van der Waals surface area contributed by atoms with Gasteiger partial charge in [-0.2, -0.15) is 0 Å². The SMILES string of the molecule is CN(C)CCN1CCN(Cc2cccc(-c3cc(Nc4ccc5[nH]ccc5c4)cs3)c2)CC1. The lowest BCUT2D eigenvalue weighted by atomic mass is 10.1. The minimum absolute atomic E-state index is 1.03. The van der Waals surface area contributed by atoms with Crippen molar-refractivity contribution in [3.8, 4) is 10.4 Å². The number of nitrogens with one attached hydrogen (secondary N) is 2. The first-order valence-corrected chi connectivity index (χ1v) is 12.6. The number of thiophene rings is 1. The van der Waals surface area contributed by atoms with Crippen LogP contribution in [0.4, 0.5) is 11.4 Å². The largest absolute Gasteiger partial charge is 0.361 e. The molecule has 33 heavy (non-hydrogen) atoms. The molecular weight excluding hydrogens is 426 g/mol. The van der Waals surface area contributed by atoms with Gasteiger partial charge in [0.2, 0.25) is 0 Å². The molecule has 1 aliphatic heterocycles. The van der Waals surface area contributed by atoms with Crippen molar-refractivity contribution in [1.82, 2.24) is 19.7 Å². The van der Waals surface area contributed by atoms with E-state index < -0.39 is 0 Å². The molecule has 0 amide bonds. The molecule has 1 fully saturated rings. The predicted octanol–water partition coefficient (Wildman–Crippen LogP) is 5.32. The van der Waals surface area contributed by atoms with E-state index in [0.717, 1.165) is 37.6 Å². The molecule has 2 aromatic carbocycles. The van der Waals surface area contributed by atoms with E-state index in [1.165, 1.54) is 46.5 Å². The number of aromatic amines is 1. The molecule has 1 saturated heterocycles. The lowest BCUT2D eigenvalue weighted by molar-refractivity contribution is 0.120. The van der Waals surface area contributed by atoms with E-state index in [2.05, 4.69) is 99.1 Å². The minimum atomic E-state index is 1.03. The zero-order chi connectivity index (χ0) is 22.6. The zero-order valence-electron chi connectivity index (χ0n) is 19.6. The average molecular weight is 460 g/mol. The first-order chi connectivity index (χ1) is 16.1. The van der Waals surface area contributed by atoms with E-state index >= 15 is 0 Å². The lowest BCUT2D eigenvalue weighted by Crippen LogP contribution is -2.47. The van der Waals surface area contributed by atoms with E-state index in [1.54, 1.807) is 11.3 Å². The summed E-state index contributed by atoms with van der Waals surface area (Å²) in [6, 6.07) is 19.8. The number of hydrogen-bond acceptors (Lipinski definition) is 5. The summed E-state index contributed by atoms with van der Waals surface area (Å²) in [7, 11) is 4.30. The van der Waals surface area contributed by atoms with Gasteiger partial charge >= 0.3 is 0 Å². The summed E-state index contributed by atoms with van der Waals surface area (Å²) in [5.41, 5.74) is 6.12. The fraction of sp³-hybridized carbons (Fsp3) is 0.333. The molecule has 2 N–H and O–H groups in total. The Morgan fingerprint density at radius 1 is 0.939 bits per heavy atom. The van der Waals surface area contributed by atoms with Crippen LogP contribution in [0.15, 0.2) is 66.2 Å². The first-order valence-electron chi connectivity index (χ1n) is 11.7. The van der Waals surface area contributed by atoms with Gasteiger partial charge in [-0.1, -0.05) is 18.2 Å². The van der Waals surface area contributed by atoms with Crippen molar-refractivity contribution in [2.75, 3.05) is 58.7 Å². The number of benzene rings is 2. The summed E-state index contributed by atoms with van der Waals surface area (Å²) in [6.07, 6.45) is 1.98. The van der Waals surface area contributed by atoms with E-state index in [1.807, 2.05) is 6.20 Å². The van der Waals surface area contributed by atoms with Crippen molar-refractivity contribution in [2.24, 2.45) is 0 Å². The van der Waals surface area contributed by atoms with Gasteiger partial charge in [0.25, 0.3) is 0 Å². The fourth-order valence-electron chi connectivity index (χ4n) is 4.44. The third kappa shape index (κ3) is 5.65. The Hall–Kier alpha value is -2.64. The van der Waals surface area contributed by atoms with Gasteiger partial charge in [0.15, 0.2) is 0 Å². The monoisotopic (exact) mass is 459 g/mol. The number of hydrogen-bond donors (Lipinski definition) is 2. The molecule has 0 spiro atoms. The van der Waals surface area contributed by atoms with Crippen molar-refractivity contribution in [3.63, 3.8) is 0 Å². The van der Waals surface area contributed by atoms with Gasteiger partial charge < -0.3 is 15.2 Å². The van der Waals surface area contributed by atoms with Crippen molar-refractivity contribution < 1.29 is 0 Å². The summed E-state index contributed by atoms with van der Waals surface area (Å²) in [5.74, 6) is 0. The van der Waals surface area contributed by atoms with Crippen LogP contribution in [-0.2, 0) is 6.54 Å². The van der Waals surface area contributed by atoms with Gasteiger partial charge in [0, 0.05) is 84.5 Å². The van der Waals surface area contributed by atoms with Crippen LogP contribution in [0.25, 0.3) is 21.3 Å². The fourth-order valence-corrected chi connectivity index (χ4v) is 5.28. The van der Waals surface area contributed by atoms with Gasteiger partial charge in [0.1, 0.15) is 0 Å². The molecule has 4 aromatic rings. The predicted molar refractivity (Wildman–Crippen MR) is 142 cm³/mol. The molecule has 0 bridgehead atoms. The van der Waals surface area contributed by atoms with Crippen molar-refractivity contribution in [2.45, 2.75) is 6.54 Å². The molecule has 5 rings (SSSR count). The number of anilines is 2. The summed E-state index contributed by atoms with van der Waals surface area (Å²) in [5, 5.41) is 6.99. The van der Waals surface area contributed by atoms with E-state index in [4.69, 9.17) is 0 Å². The standard InChI is InChI=1S/C27H33N5S/c1-30(2)10-11-31-12-14-32(15-13-31)19-21-4-3-5-23(16-21)27-18-25(20-33-27)29-24-6-7-26-22(17-24)8-9-28-26/h3-9,16-18,20,28-29H,10-15,19H2,1-2H3. The van der Waals surface area contributed by atoms with Gasteiger partial charge in [0.05, 0.1) is 0 Å². The minimum Gasteiger partial charge on any atom is -0.361 e. The van der Waals surface area contributed by atoms with Crippen LogP contribution >= 0.6 is 11.3 Å². The Balaban J connectivity index is 1.19. The van der Waals surface area contributed by atoms with Crippen LogP contribution in [0.3, 0.4) is 0 Å². The molecule has 5 nitrogen and oxygen atoms in total. The van der Waals surface area contributed by atoms with Crippen LogP contribution in [0.2, 0.25) is 0 Å². The first kappa shape index (κ1) is 22.2. The Morgan fingerprint density at radius 3 is 2.64 bits per heavy atom. The summed E-state index contributed by atoms with van der Waals surface area (Å²) < 4.78 is 0. The number of piperazine rings is 1. The smallest absolute Gasteiger partial charge is 0.0499 e. The molecular formula is C27H33N5S. The van der Waals surface area contributed by atoms with Gasteiger partial charge in [-0.25, -0.2) is 0 Å². The molecule has 0 radical (unpaired) electrons. The second-order valence-corrected chi connectivity index (χ2v) is 10.1. The van der Waals surface area contributed by atoms with Crippen LogP contribution in [0.5, 0.6) is 0 Å². The average Bonchev–Trinajstić information content (AvgIpc) is 3.48. The van der Waals surface area contributed by atoms with E-state index in [-0.39, 0.29) is 0 Å². The number of H-pyrrole nitrogens is 1. The second-order valence-electron chi connectivity index (χ2n) is 9.23. The maximum Gasteiger partial charge on any atom is 0.0499 e. The molecule has 0 unspecified atom stereocenters. The number of nitrogens with zero attached hydrogens (tertiary/aromatic N) is 3. The molecule has 2 aromatic heterocycles. The Kier molecular flexibility index (Phi) is 6.78. The Morgan fingerprint density at radius 2 is 1.79 bits per heavy atom. The molecule has 0 saturated carbocycles. The molecule has 172 valence electrons. The van der Waals surface area contributed by atoms with Crippen LogP contribution < -0.4 is 5.32 Å². The van der Waals surface area contributed by atoms with E-state index in [0.29, 0.717) is 0 Å². The second kappa shape index (κ2) is 10.1. The summed E-state index contributed by atoms with van der Waals surface area (Å²) in [6.45, 7) is 7.98. The highest BCUT2D eigenvalue weighted by molar-refractivity contribution is 7.14. The Labute approximate surface area is 200 Å². The highest BCUT2D eigenvalue weighted by Gasteiger charge is 2.17. The van der Waals surface area contributed by atoms with Crippen molar-refractivity contribution >= 4 is 33.6 Å². The molecule has 0 atom stereocenters. The summed E-state index contributed by atoms with van der Waals surface area (Å²) in [4.78, 5) is 12.0. The third-order valence-corrected chi connectivity index (χ3v) is 7.37. The maximum absolute atomic E-state index is 3.56. The van der Waals surface area contributed by atoms with Gasteiger partial charge in [-0.05, 0) is 61.6 Å². The number of likely N-dealkylation sites (N-methyl/N-ethyl adjacent to an activating group) is 1. The van der Waals surface area contributed by atoms with Crippen molar-refractivity contribution in [3.05, 3.63) is 71.7 Å². The number of rotatable bonds is 8. The zero-order valence-corrected chi connectivity index (χ0v) is 20.4. The molecule has 3 heterocycles. The molecule has 6 heteroatoms. The third-order valence-electron chi connectivity index (χ3n) is 6.39. The van der Waals surface area contributed by atoms with Crippen LogP contribution in [-0.4, -0.2) is 73.0 Å².